The second-order valence-electron chi connectivity index (χ2n) is 4.82. The van der Waals surface area contributed by atoms with Gasteiger partial charge >= 0.3 is 5.97 Å². The minimum absolute atomic E-state index is 0.0720. The van der Waals surface area contributed by atoms with Gasteiger partial charge in [-0.1, -0.05) is 0 Å². The fourth-order valence-corrected chi connectivity index (χ4v) is 2.24. The van der Waals surface area contributed by atoms with Crippen molar-refractivity contribution in [2.24, 2.45) is 0 Å². The third-order valence-corrected chi connectivity index (χ3v) is 3.50. The summed E-state index contributed by atoms with van der Waals surface area (Å²) >= 11 is 0. The SMILES string of the molecule is C[C@@H](C(=O)O)N1CCC(Oc2ccc(F)cc2)CC1. The number of hydrogen-bond donors (Lipinski definition) is 1. The number of aliphatic carboxylic acids is 1. The fraction of sp³-hybridized carbons (Fsp3) is 0.500. The largest absolute Gasteiger partial charge is 0.490 e. The second kappa shape index (κ2) is 6.02. The highest BCUT2D eigenvalue weighted by atomic mass is 19.1. The van der Waals surface area contributed by atoms with E-state index in [1.165, 1.54) is 12.1 Å². The van der Waals surface area contributed by atoms with Crippen LogP contribution in [0.2, 0.25) is 0 Å². The van der Waals surface area contributed by atoms with Crippen molar-refractivity contribution in [1.82, 2.24) is 4.90 Å². The second-order valence-corrected chi connectivity index (χ2v) is 4.82. The number of likely N-dealkylation sites (tertiary alicyclic amines) is 1. The molecule has 1 aromatic carbocycles. The summed E-state index contributed by atoms with van der Waals surface area (Å²) in [4.78, 5) is 12.8. The van der Waals surface area contributed by atoms with E-state index in [0.29, 0.717) is 18.8 Å². The van der Waals surface area contributed by atoms with Crippen LogP contribution in [0, 0.1) is 5.82 Å². The molecule has 5 heteroatoms. The topological polar surface area (TPSA) is 49.8 Å². The standard InChI is InChI=1S/C14H18FNO3/c1-10(14(17)18)16-8-6-13(7-9-16)19-12-4-2-11(15)3-5-12/h2-5,10,13H,6-9H2,1H3,(H,17,18)/t10-/m0/s1. The van der Waals surface area contributed by atoms with Crippen LogP contribution in [0.5, 0.6) is 5.75 Å². The maximum Gasteiger partial charge on any atom is 0.320 e. The molecule has 0 aromatic heterocycles. The lowest BCUT2D eigenvalue weighted by Crippen LogP contribution is -2.46. The Bertz CT molecular complexity index is 427. The molecule has 0 amide bonds. The number of benzene rings is 1. The average Bonchev–Trinajstić information content (AvgIpc) is 2.41. The molecule has 1 saturated heterocycles. The van der Waals surface area contributed by atoms with Crippen molar-refractivity contribution < 1.29 is 19.0 Å². The van der Waals surface area contributed by atoms with Gasteiger partial charge < -0.3 is 9.84 Å². The number of halogens is 1. The first-order valence-electron chi connectivity index (χ1n) is 6.45. The van der Waals surface area contributed by atoms with Crippen LogP contribution in [0.4, 0.5) is 4.39 Å². The summed E-state index contributed by atoms with van der Waals surface area (Å²) in [7, 11) is 0. The van der Waals surface area contributed by atoms with Crippen molar-refractivity contribution in [3.8, 4) is 5.75 Å². The highest BCUT2D eigenvalue weighted by Crippen LogP contribution is 2.20. The van der Waals surface area contributed by atoms with E-state index in [9.17, 15) is 9.18 Å². The first-order valence-corrected chi connectivity index (χ1v) is 6.45. The number of nitrogens with zero attached hydrogens (tertiary/aromatic N) is 1. The van der Waals surface area contributed by atoms with E-state index in [4.69, 9.17) is 9.84 Å². The van der Waals surface area contributed by atoms with Crippen molar-refractivity contribution in [3.05, 3.63) is 30.1 Å². The minimum Gasteiger partial charge on any atom is -0.490 e. The molecule has 0 aliphatic carbocycles. The highest BCUT2D eigenvalue weighted by molar-refractivity contribution is 5.72. The predicted octanol–water partition coefficient (Wildman–Crippen LogP) is 2.14. The number of carboxylic acids is 1. The summed E-state index contributed by atoms with van der Waals surface area (Å²) in [6, 6.07) is 5.52. The Balaban J connectivity index is 1.83. The van der Waals surface area contributed by atoms with Crippen molar-refractivity contribution in [1.29, 1.82) is 0 Å². The molecule has 1 aliphatic heterocycles. The quantitative estimate of drug-likeness (QED) is 0.908. The third kappa shape index (κ3) is 3.67. The highest BCUT2D eigenvalue weighted by Gasteiger charge is 2.26. The molecule has 1 aliphatic rings. The Kier molecular flexibility index (Phi) is 4.37. The van der Waals surface area contributed by atoms with Gasteiger partial charge in [-0.15, -0.1) is 0 Å². The zero-order valence-electron chi connectivity index (χ0n) is 10.9. The van der Waals surface area contributed by atoms with Crippen LogP contribution in [0.3, 0.4) is 0 Å². The van der Waals surface area contributed by atoms with E-state index in [1.54, 1.807) is 19.1 Å². The molecule has 0 bridgehead atoms. The fourth-order valence-electron chi connectivity index (χ4n) is 2.24. The zero-order chi connectivity index (χ0) is 13.8. The van der Waals surface area contributed by atoms with Crippen molar-refractivity contribution >= 4 is 5.97 Å². The lowest BCUT2D eigenvalue weighted by molar-refractivity contribution is -0.143. The normalized spacial score (nSPS) is 19.1. The number of hydrogen-bond acceptors (Lipinski definition) is 3. The number of rotatable bonds is 4. The summed E-state index contributed by atoms with van der Waals surface area (Å²) in [5, 5.41) is 8.95. The molecular weight excluding hydrogens is 249 g/mol. The molecule has 2 rings (SSSR count). The van der Waals surface area contributed by atoms with Gasteiger partial charge in [-0.25, -0.2) is 4.39 Å². The minimum atomic E-state index is -0.794. The van der Waals surface area contributed by atoms with Gasteiger partial charge in [0.1, 0.15) is 23.7 Å². The zero-order valence-corrected chi connectivity index (χ0v) is 10.9. The van der Waals surface area contributed by atoms with Crippen molar-refractivity contribution in [3.63, 3.8) is 0 Å². The molecule has 0 radical (unpaired) electrons. The summed E-state index contributed by atoms with van der Waals surface area (Å²) in [5.41, 5.74) is 0. The van der Waals surface area contributed by atoms with Crippen LogP contribution in [0.1, 0.15) is 19.8 Å². The number of piperidine rings is 1. The molecule has 1 fully saturated rings. The summed E-state index contributed by atoms with van der Waals surface area (Å²) in [5.74, 6) is -0.415. The van der Waals surface area contributed by atoms with Crippen LogP contribution in [-0.4, -0.2) is 41.2 Å². The van der Waals surface area contributed by atoms with E-state index in [2.05, 4.69) is 0 Å². The molecule has 1 heterocycles. The van der Waals surface area contributed by atoms with Gasteiger partial charge in [-0.2, -0.15) is 0 Å². The molecule has 1 N–H and O–H groups in total. The Morgan fingerprint density at radius 2 is 1.95 bits per heavy atom. The Labute approximate surface area is 111 Å². The van der Waals surface area contributed by atoms with Crippen LogP contribution >= 0.6 is 0 Å². The van der Waals surface area contributed by atoms with E-state index < -0.39 is 12.0 Å². The van der Waals surface area contributed by atoms with E-state index in [0.717, 1.165) is 12.8 Å². The van der Waals surface area contributed by atoms with Crippen molar-refractivity contribution in [2.75, 3.05) is 13.1 Å². The summed E-state index contributed by atoms with van der Waals surface area (Å²) in [6.07, 6.45) is 1.65. The lowest BCUT2D eigenvalue weighted by atomic mass is 10.1. The molecule has 1 aromatic rings. The molecule has 0 saturated carbocycles. The molecule has 4 nitrogen and oxygen atoms in total. The van der Waals surface area contributed by atoms with Crippen LogP contribution in [-0.2, 0) is 4.79 Å². The lowest BCUT2D eigenvalue weighted by Gasteiger charge is -2.34. The number of carbonyl (C=O) groups is 1. The average molecular weight is 267 g/mol. The molecule has 0 unspecified atom stereocenters. The van der Waals surface area contributed by atoms with Crippen LogP contribution in [0.15, 0.2) is 24.3 Å². The Morgan fingerprint density at radius 1 is 1.37 bits per heavy atom. The number of ether oxygens (including phenoxy) is 1. The molecule has 19 heavy (non-hydrogen) atoms. The van der Waals surface area contributed by atoms with Crippen LogP contribution in [0.25, 0.3) is 0 Å². The molecule has 0 spiro atoms. The van der Waals surface area contributed by atoms with Gasteiger partial charge in [-0.3, -0.25) is 9.69 Å². The smallest absolute Gasteiger partial charge is 0.320 e. The molecular formula is C14H18FNO3. The summed E-state index contributed by atoms with van der Waals surface area (Å²) < 4.78 is 18.5. The Hall–Kier alpha value is -1.62. The predicted molar refractivity (Wildman–Crippen MR) is 68.7 cm³/mol. The van der Waals surface area contributed by atoms with Crippen LogP contribution < -0.4 is 4.74 Å². The first-order chi connectivity index (χ1) is 9.06. The van der Waals surface area contributed by atoms with E-state index in [-0.39, 0.29) is 11.9 Å². The van der Waals surface area contributed by atoms with Crippen molar-refractivity contribution in [2.45, 2.75) is 31.9 Å². The first kappa shape index (κ1) is 13.8. The summed E-state index contributed by atoms with van der Waals surface area (Å²) in [6.45, 7) is 3.11. The van der Waals surface area contributed by atoms with Gasteiger partial charge in [-0.05, 0) is 44.0 Å². The Morgan fingerprint density at radius 3 is 2.47 bits per heavy atom. The van der Waals surface area contributed by atoms with E-state index >= 15 is 0 Å². The van der Waals surface area contributed by atoms with Gasteiger partial charge in [0.25, 0.3) is 0 Å². The van der Waals surface area contributed by atoms with E-state index in [1.807, 2.05) is 4.90 Å². The van der Waals surface area contributed by atoms with Gasteiger partial charge in [0.05, 0.1) is 0 Å². The third-order valence-electron chi connectivity index (χ3n) is 3.50. The molecule has 1 atom stereocenters. The van der Waals surface area contributed by atoms with Gasteiger partial charge in [0.2, 0.25) is 0 Å². The monoisotopic (exact) mass is 267 g/mol. The van der Waals surface area contributed by atoms with Gasteiger partial charge in [0.15, 0.2) is 0 Å². The maximum absolute atomic E-state index is 12.8. The van der Waals surface area contributed by atoms with Gasteiger partial charge in [0, 0.05) is 13.1 Å². The number of carboxylic acid groups (broad SMARTS) is 1. The maximum atomic E-state index is 12.8. The molecule has 104 valence electrons.